The van der Waals surface area contributed by atoms with Crippen molar-refractivity contribution in [2.45, 2.75) is 28.8 Å². The van der Waals surface area contributed by atoms with E-state index in [0.717, 1.165) is 6.08 Å². The van der Waals surface area contributed by atoms with Crippen molar-refractivity contribution in [2.24, 2.45) is 0 Å². The molecule has 1 aromatic rings. The van der Waals surface area contributed by atoms with Crippen LogP contribution in [-0.4, -0.2) is 24.6 Å². The van der Waals surface area contributed by atoms with Crippen LogP contribution in [0.2, 0.25) is 0 Å². The molecule has 2 rings (SSSR count). The third-order valence-corrected chi connectivity index (χ3v) is 5.00. The van der Waals surface area contributed by atoms with E-state index in [4.69, 9.17) is 0 Å². The molecule has 1 N–H and O–H groups in total. The van der Waals surface area contributed by atoms with E-state index in [0.29, 0.717) is 6.42 Å². The maximum absolute atomic E-state index is 14.5. The summed E-state index contributed by atoms with van der Waals surface area (Å²) in [7, 11) is -4.21. The van der Waals surface area contributed by atoms with Crippen LogP contribution in [0.5, 0.6) is 0 Å². The molecule has 0 saturated carbocycles. The minimum Gasteiger partial charge on any atom is -0.388 e. The Hall–Kier alpha value is -1.20. The summed E-state index contributed by atoms with van der Waals surface area (Å²) in [5, 5.41) is 6.90. The average Bonchev–Trinajstić information content (AvgIpc) is 2.34. The summed E-state index contributed by atoms with van der Waals surface area (Å²) in [5.41, 5.74) is 0. The Morgan fingerprint density at radius 3 is 2.53 bits per heavy atom. The van der Waals surface area contributed by atoms with Crippen LogP contribution in [0.25, 0.3) is 0 Å². The first-order valence-corrected chi connectivity index (χ1v) is 6.81. The van der Waals surface area contributed by atoms with Gasteiger partial charge in [0.15, 0.2) is 0 Å². The molecule has 17 heavy (non-hydrogen) atoms. The van der Waals surface area contributed by atoms with Gasteiger partial charge >= 0.3 is 0 Å². The van der Waals surface area contributed by atoms with Crippen LogP contribution in [0.3, 0.4) is 0 Å². The van der Waals surface area contributed by atoms with Gasteiger partial charge in [0.2, 0.25) is 9.84 Å². The Balaban J connectivity index is 2.53. The van der Waals surface area contributed by atoms with Gasteiger partial charge in [-0.1, -0.05) is 24.3 Å². The number of hydrogen-bond acceptors (Lipinski definition) is 3. The molecule has 0 bridgehead atoms. The van der Waals surface area contributed by atoms with Crippen LogP contribution < -0.4 is 0 Å². The number of alkyl halides is 1. The zero-order valence-electron chi connectivity index (χ0n) is 9.08. The molecular formula is C12H13FO3S. The van der Waals surface area contributed by atoms with Crippen LogP contribution >= 0.6 is 0 Å². The molecule has 0 spiro atoms. The lowest BCUT2D eigenvalue weighted by atomic mass is 10.0. The van der Waals surface area contributed by atoms with Gasteiger partial charge < -0.3 is 5.11 Å². The van der Waals surface area contributed by atoms with E-state index in [1.807, 2.05) is 0 Å². The largest absolute Gasteiger partial charge is 0.388 e. The van der Waals surface area contributed by atoms with Gasteiger partial charge in [0, 0.05) is 0 Å². The van der Waals surface area contributed by atoms with E-state index in [1.54, 1.807) is 6.07 Å². The average molecular weight is 256 g/mol. The zero-order chi connectivity index (χ0) is 12.5. The zero-order valence-corrected chi connectivity index (χ0v) is 9.90. The first-order chi connectivity index (χ1) is 7.98. The van der Waals surface area contributed by atoms with Gasteiger partial charge in [-0.05, 0) is 31.1 Å². The van der Waals surface area contributed by atoms with E-state index in [2.05, 4.69) is 0 Å². The summed E-state index contributed by atoms with van der Waals surface area (Å²) in [4.78, 5) is -0.117. The first kappa shape index (κ1) is 12.3. The van der Waals surface area contributed by atoms with Gasteiger partial charge in [-0.15, -0.1) is 0 Å². The Bertz CT molecular complexity index is 524. The highest BCUT2D eigenvalue weighted by Gasteiger charge is 2.50. The molecule has 1 aromatic carbocycles. The molecule has 2 unspecified atom stereocenters. The van der Waals surface area contributed by atoms with Crippen molar-refractivity contribution in [1.82, 2.24) is 0 Å². The van der Waals surface area contributed by atoms with Crippen LogP contribution in [-0.2, 0) is 9.84 Å². The predicted molar refractivity (Wildman–Crippen MR) is 61.8 cm³/mol. The molecular weight excluding hydrogens is 243 g/mol. The van der Waals surface area contributed by atoms with Crippen molar-refractivity contribution in [3.05, 3.63) is 42.5 Å². The first-order valence-electron chi connectivity index (χ1n) is 5.33. The second kappa shape index (κ2) is 4.23. The molecule has 0 aromatic heterocycles. The quantitative estimate of drug-likeness (QED) is 0.821. The minimum atomic E-state index is -4.21. The molecule has 0 heterocycles. The van der Waals surface area contributed by atoms with Crippen molar-refractivity contribution in [1.29, 1.82) is 0 Å². The van der Waals surface area contributed by atoms with Gasteiger partial charge in [0.05, 0.1) is 4.90 Å². The fourth-order valence-corrected chi connectivity index (χ4v) is 3.48. The standard InChI is InChI=1S/C12H13FO3S/c13-12(9-5-4-8-11(12)14)17(15,16)10-6-2-1-3-7-10/h1-3,5-7,9,11,14H,4,8H2. The number of sulfone groups is 1. The van der Waals surface area contributed by atoms with Gasteiger partial charge in [-0.2, -0.15) is 0 Å². The topological polar surface area (TPSA) is 54.4 Å². The molecule has 5 heteroatoms. The summed E-state index contributed by atoms with van der Waals surface area (Å²) in [6, 6.07) is 7.35. The summed E-state index contributed by atoms with van der Waals surface area (Å²) in [5.74, 6) is 0. The number of halogens is 1. The summed E-state index contributed by atoms with van der Waals surface area (Å²) < 4.78 is 38.8. The molecule has 0 aliphatic heterocycles. The van der Waals surface area contributed by atoms with Crippen molar-refractivity contribution in [3.63, 3.8) is 0 Å². The molecule has 0 radical (unpaired) electrons. The van der Waals surface area contributed by atoms with Gasteiger partial charge in [-0.3, -0.25) is 0 Å². The number of aliphatic hydroxyl groups excluding tert-OH is 1. The second-order valence-corrected chi connectivity index (χ2v) is 6.11. The third-order valence-electron chi connectivity index (χ3n) is 2.87. The van der Waals surface area contributed by atoms with Crippen LogP contribution in [0.4, 0.5) is 4.39 Å². The summed E-state index contributed by atoms with van der Waals surface area (Å²) in [6.07, 6.45) is 1.48. The normalized spacial score (nSPS) is 29.2. The van der Waals surface area contributed by atoms with Crippen LogP contribution in [0.15, 0.2) is 47.4 Å². The van der Waals surface area contributed by atoms with Crippen LogP contribution in [0.1, 0.15) is 12.8 Å². The molecule has 2 atom stereocenters. The maximum atomic E-state index is 14.5. The fraction of sp³-hybridized carbons (Fsp3) is 0.333. The number of aliphatic hydroxyl groups is 1. The predicted octanol–water partition coefficient (Wildman–Crippen LogP) is 1.84. The highest BCUT2D eigenvalue weighted by Crippen LogP contribution is 2.36. The lowest BCUT2D eigenvalue weighted by Crippen LogP contribution is -2.45. The fourth-order valence-electron chi connectivity index (χ4n) is 1.85. The van der Waals surface area contributed by atoms with Crippen molar-refractivity contribution < 1.29 is 17.9 Å². The van der Waals surface area contributed by atoms with Gasteiger partial charge in [-0.25, -0.2) is 12.8 Å². The van der Waals surface area contributed by atoms with E-state index < -0.39 is 20.9 Å². The lowest BCUT2D eigenvalue weighted by molar-refractivity contribution is 0.0648. The Morgan fingerprint density at radius 2 is 1.94 bits per heavy atom. The molecule has 0 amide bonds. The highest BCUT2D eigenvalue weighted by atomic mass is 32.2. The number of rotatable bonds is 2. The summed E-state index contributed by atoms with van der Waals surface area (Å²) in [6.45, 7) is 0. The highest BCUT2D eigenvalue weighted by molar-refractivity contribution is 7.92. The maximum Gasteiger partial charge on any atom is 0.258 e. The summed E-state index contributed by atoms with van der Waals surface area (Å²) >= 11 is 0. The van der Waals surface area contributed by atoms with Gasteiger partial charge in [0.1, 0.15) is 6.10 Å². The Kier molecular flexibility index (Phi) is 3.05. The van der Waals surface area contributed by atoms with E-state index in [1.165, 1.54) is 30.3 Å². The monoisotopic (exact) mass is 256 g/mol. The number of allylic oxidation sites excluding steroid dienone is 1. The Labute approximate surface area is 99.5 Å². The Morgan fingerprint density at radius 1 is 1.29 bits per heavy atom. The lowest BCUT2D eigenvalue weighted by Gasteiger charge is -2.29. The van der Waals surface area contributed by atoms with E-state index in [9.17, 15) is 17.9 Å². The number of hydrogen-bond donors (Lipinski definition) is 1. The van der Waals surface area contributed by atoms with Crippen molar-refractivity contribution >= 4 is 9.84 Å². The molecule has 0 fully saturated rings. The van der Waals surface area contributed by atoms with Crippen molar-refractivity contribution in [3.8, 4) is 0 Å². The molecule has 3 nitrogen and oxygen atoms in total. The molecule has 92 valence electrons. The third kappa shape index (κ3) is 1.89. The van der Waals surface area contributed by atoms with Crippen LogP contribution in [0, 0.1) is 0 Å². The number of benzene rings is 1. The minimum absolute atomic E-state index is 0.110. The van der Waals surface area contributed by atoms with Gasteiger partial charge in [0.25, 0.3) is 5.00 Å². The molecule has 1 aliphatic carbocycles. The molecule has 0 saturated heterocycles. The second-order valence-electron chi connectivity index (χ2n) is 4.01. The molecule has 1 aliphatic rings. The smallest absolute Gasteiger partial charge is 0.258 e. The SMILES string of the molecule is O=S(=O)(c1ccccc1)C1(F)C=CCCC1O. The van der Waals surface area contributed by atoms with Crippen molar-refractivity contribution in [2.75, 3.05) is 0 Å². The van der Waals surface area contributed by atoms with E-state index in [-0.39, 0.29) is 11.3 Å². The van der Waals surface area contributed by atoms with E-state index >= 15 is 0 Å².